The molecule has 0 unspecified atom stereocenters. The molecule has 0 atom stereocenters. The number of primary amides is 1. The number of benzene rings is 1. The first-order chi connectivity index (χ1) is 15.6. The number of carbonyl (C=O) groups is 3. The van der Waals surface area contributed by atoms with E-state index in [9.17, 15) is 14.4 Å². The highest BCUT2D eigenvalue weighted by atomic mass is 32.1. The van der Waals surface area contributed by atoms with E-state index in [1.54, 1.807) is 26.8 Å². The van der Waals surface area contributed by atoms with Crippen LogP contribution in [0.1, 0.15) is 66.9 Å². The molecule has 33 heavy (non-hydrogen) atoms. The van der Waals surface area contributed by atoms with Crippen LogP contribution < -0.4 is 15.8 Å². The molecule has 0 aliphatic carbocycles. The topological polar surface area (TPSA) is 121 Å². The average molecular weight is 471 g/mol. The summed E-state index contributed by atoms with van der Waals surface area (Å²) in [6.45, 7) is 9.05. The first kappa shape index (κ1) is 24.1. The van der Waals surface area contributed by atoms with Gasteiger partial charge in [0.05, 0.1) is 16.5 Å². The number of para-hydroxylation sites is 1. The van der Waals surface area contributed by atoms with Gasteiger partial charge in [-0.3, -0.25) is 9.59 Å². The Labute approximate surface area is 195 Å². The first-order valence-corrected chi connectivity index (χ1v) is 11.1. The summed E-state index contributed by atoms with van der Waals surface area (Å²) in [5, 5.41) is 2.81. The summed E-state index contributed by atoms with van der Waals surface area (Å²) in [7, 11) is 0. The molecule has 3 aromatic rings. The van der Waals surface area contributed by atoms with Gasteiger partial charge >= 0.3 is 5.97 Å². The molecule has 1 aromatic carbocycles. The van der Waals surface area contributed by atoms with Crippen LogP contribution in [0.3, 0.4) is 0 Å². The lowest BCUT2D eigenvalue weighted by molar-refractivity contribution is 0.0379. The molecule has 0 radical (unpaired) electrons. The number of anilines is 1. The Balaban J connectivity index is 1.78. The highest BCUT2D eigenvalue weighted by Gasteiger charge is 2.27. The normalized spacial score (nSPS) is 10.8. The van der Waals surface area contributed by atoms with E-state index in [4.69, 9.17) is 19.6 Å². The maximum absolute atomic E-state index is 12.8. The molecule has 0 saturated carbocycles. The first-order valence-electron chi connectivity index (χ1n) is 10.3. The molecular formula is C24H26N2O6S. The van der Waals surface area contributed by atoms with Gasteiger partial charge in [-0.25, -0.2) is 4.79 Å². The molecule has 8 nitrogen and oxygen atoms in total. The molecular weight excluding hydrogens is 444 g/mol. The molecule has 0 bridgehead atoms. The lowest BCUT2D eigenvalue weighted by Crippen LogP contribution is -2.17. The van der Waals surface area contributed by atoms with Crippen molar-refractivity contribution in [2.45, 2.75) is 47.3 Å². The number of nitrogens with two attached hydrogens (primary N) is 1. The standard InChI is InChI=1S/C24H26N2O6S/c1-12(2)31-24(29)18-15(5)20(21(25)27)33-23(18)26-22(28)17-10-9-16(32-17)11-30-19-13(3)7-6-8-14(19)4/h6-10,12H,11H2,1-5H3,(H2,25,27)(H,26,28). The molecule has 2 aromatic heterocycles. The van der Waals surface area contributed by atoms with Crippen LogP contribution in [-0.2, 0) is 11.3 Å². The molecule has 3 N–H and O–H groups in total. The van der Waals surface area contributed by atoms with Gasteiger partial charge in [0, 0.05) is 0 Å². The Morgan fingerprint density at radius 1 is 1.09 bits per heavy atom. The van der Waals surface area contributed by atoms with Gasteiger partial charge < -0.3 is 24.9 Å². The summed E-state index contributed by atoms with van der Waals surface area (Å²) >= 11 is 0.916. The number of rotatable bonds is 8. The molecule has 2 heterocycles. The van der Waals surface area contributed by atoms with Gasteiger partial charge in [0.25, 0.3) is 11.8 Å². The minimum absolute atomic E-state index is 0.0324. The van der Waals surface area contributed by atoms with Crippen molar-refractivity contribution >= 4 is 34.1 Å². The van der Waals surface area contributed by atoms with E-state index >= 15 is 0 Å². The summed E-state index contributed by atoms with van der Waals surface area (Å²) in [4.78, 5) is 37.3. The molecule has 0 saturated heterocycles. The zero-order valence-corrected chi connectivity index (χ0v) is 19.9. The average Bonchev–Trinajstić information content (AvgIpc) is 3.32. The maximum Gasteiger partial charge on any atom is 0.341 e. The molecule has 0 aliphatic rings. The number of thiophene rings is 1. The monoisotopic (exact) mass is 470 g/mol. The van der Waals surface area contributed by atoms with Crippen molar-refractivity contribution in [1.82, 2.24) is 0 Å². The van der Waals surface area contributed by atoms with Crippen LogP contribution in [0, 0.1) is 20.8 Å². The van der Waals surface area contributed by atoms with E-state index in [0.717, 1.165) is 28.2 Å². The van der Waals surface area contributed by atoms with Crippen LogP contribution >= 0.6 is 11.3 Å². The number of nitrogens with one attached hydrogen (secondary N) is 1. The van der Waals surface area contributed by atoms with E-state index < -0.39 is 17.8 Å². The third-order valence-corrected chi connectivity index (χ3v) is 6.02. The quantitative estimate of drug-likeness (QED) is 0.458. The van der Waals surface area contributed by atoms with Gasteiger partial charge in [-0.15, -0.1) is 11.3 Å². The number of esters is 1. The molecule has 9 heteroatoms. The largest absolute Gasteiger partial charge is 0.485 e. The summed E-state index contributed by atoms with van der Waals surface area (Å²) in [5.41, 5.74) is 7.87. The SMILES string of the molecule is Cc1cccc(C)c1OCc1ccc(C(=O)Nc2sc(C(N)=O)c(C)c2C(=O)OC(C)C)o1. The Morgan fingerprint density at radius 3 is 2.36 bits per heavy atom. The van der Waals surface area contributed by atoms with Crippen molar-refractivity contribution < 1.29 is 28.3 Å². The van der Waals surface area contributed by atoms with Crippen molar-refractivity contribution in [1.29, 1.82) is 0 Å². The van der Waals surface area contributed by atoms with Gasteiger partial charge in [-0.1, -0.05) is 18.2 Å². The molecule has 3 rings (SSSR count). The minimum atomic E-state index is -0.694. The van der Waals surface area contributed by atoms with E-state index in [0.29, 0.717) is 11.3 Å². The van der Waals surface area contributed by atoms with E-state index in [1.807, 2.05) is 32.0 Å². The minimum Gasteiger partial charge on any atom is -0.485 e. The number of carbonyl (C=O) groups excluding carboxylic acids is 3. The van der Waals surface area contributed by atoms with E-state index in [1.165, 1.54) is 6.07 Å². The van der Waals surface area contributed by atoms with Crippen molar-refractivity contribution in [3.8, 4) is 5.75 Å². The van der Waals surface area contributed by atoms with Crippen LogP contribution in [0.2, 0.25) is 0 Å². The Kier molecular flexibility index (Phi) is 7.23. The van der Waals surface area contributed by atoms with Crippen molar-refractivity contribution in [3.63, 3.8) is 0 Å². The van der Waals surface area contributed by atoms with Crippen molar-refractivity contribution in [2.24, 2.45) is 5.73 Å². The number of amides is 2. The second-order valence-corrected chi connectivity index (χ2v) is 8.83. The van der Waals surface area contributed by atoms with Crippen LogP contribution in [0.25, 0.3) is 0 Å². The molecule has 2 amide bonds. The van der Waals surface area contributed by atoms with E-state index in [-0.39, 0.29) is 33.9 Å². The fourth-order valence-corrected chi connectivity index (χ4v) is 4.31. The number of furan rings is 1. The lowest BCUT2D eigenvalue weighted by atomic mass is 10.1. The molecule has 174 valence electrons. The highest BCUT2D eigenvalue weighted by molar-refractivity contribution is 7.18. The zero-order chi connectivity index (χ0) is 24.3. The van der Waals surface area contributed by atoms with Crippen LogP contribution in [0.4, 0.5) is 5.00 Å². The maximum atomic E-state index is 12.8. The number of aryl methyl sites for hydroxylation is 2. The number of hydrogen-bond acceptors (Lipinski definition) is 7. The summed E-state index contributed by atoms with van der Waals surface area (Å²) < 4.78 is 16.8. The van der Waals surface area contributed by atoms with E-state index in [2.05, 4.69) is 5.32 Å². The summed E-state index contributed by atoms with van der Waals surface area (Å²) in [5.74, 6) is -0.665. The lowest BCUT2D eigenvalue weighted by Gasteiger charge is -2.10. The molecule has 0 spiro atoms. The number of ether oxygens (including phenoxy) is 2. The van der Waals surface area contributed by atoms with Crippen molar-refractivity contribution in [3.05, 3.63) is 69.0 Å². The van der Waals surface area contributed by atoms with Gasteiger partial charge in [0.15, 0.2) is 5.76 Å². The van der Waals surface area contributed by atoms with Gasteiger partial charge in [0.1, 0.15) is 23.1 Å². The van der Waals surface area contributed by atoms with Gasteiger partial charge in [-0.2, -0.15) is 0 Å². The van der Waals surface area contributed by atoms with Crippen LogP contribution in [-0.4, -0.2) is 23.9 Å². The highest BCUT2D eigenvalue weighted by Crippen LogP contribution is 2.34. The Hall–Kier alpha value is -3.59. The smallest absolute Gasteiger partial charge is 0.341 e. The summed E-state index contributed by atoms with van der Waals surface area (Å²) in [6, 6.07) is 9.02. The fraction of sp³-hybridized carbons (Fsp3) is 0.292. The summed E-state index contributed by atoms with van der Waals surface area (Å²) in [6.07, 6.45) is -0.373. The van der Waals surface area contributed by atoms with Crippen LogP contribution in [0.15, 0.2) is 34.7 Å². The van der Waals surface area contributed by atoms with Gasteiger partial charge in [0.2, 0.25) is 0 Å². The van der Waals surface area contributed by atoms with Crippen LogP contribution in [0.5, 0.6) is 5.75 Å². The third kappa shape index (κ3) is 5.43. The number of hydrogen-bond donors (Lipinski definition) is 2. The predicted molar refractivity (Wildman–Crippen MR) is 125 cm³/mol. The molecule has 0 aliphatic heterocycles. The zero-order valence-electron chi connectivity index (χ0n) is 19.1. The molecule has 0 fully saturated rings. The van der Waals surface area contributed by atoms with Gasteiger partial charge in [-0.05, 0) is 63.4 Å². The fourth-order valence-electron chi connectivity index (χ4n) is 3.27. The second kappa shape index (κ2) is 9.91. The predicted octanol–water partition coefficient (Wildman–Crippen LogP) is 4.76. The third-order valence-electron chi connectivity index (χ3n) is 4.80. The Bertz CT molecular complexity index is 1190. The second-order valence-electron chi connectivity index (χ2n) is 7.81. The Morgan fingerprint density at radius 2 is 1.76 bits per heavy atom. The van der Waals surface area contributed by atoms with Crippen molar-refractivity contribution in [2.75, 3.05) is 5.32 Å².